The molecule has 0 aromatic heterocycles. The molecule has 1 aromatic rings. The molecular weight excluding hydrogens is 310 g/mol. The zero-order valence-corrected chi connectivity index (χ0v) is 12.3. The number of piperidine rings is 1. The van der Waals surface area contributed by atoms with Crippen molar-refractivity contribution in [3.8, 4) is 0 Å². The predicted octanol–water partition coefficient (Wildman–Crippen LogP) is 2.83. The molecule has 0 spiro atoms. The molecule has 1 aliphatic heterocycles. The first kappa shape index (κ1) is 14.1. The summed E-state index contributed by atoms with van der Waals surface area (Å²) in [7, 11) is 0. The number of hydrogen-bond acceptors (Lipinski definition) is 2. The molecule has 2 atom stereocenters. The largest absolute Gasteiger partial charge is 0.481 e. The lowest BCUT2D eigenvalue weighted by Gasteiger charge is -2.39. The Hall–Kier alpha value is -1.36. The lowest BCUT2D eigenvalue weighted by Crippen LogP contribution is -2.45. The van der Waals surface area contributed by atoms with Gasteiger partial charge in [0.2, 0.25) is 5.91 Å². The second kappa shape index (κ2) is 5.74. The molecule has 0 aliphatic carbocycles. The normalized spacial score (nSPS) is 23.5. The van der Waals surface area contributed by atoms with E-state index in [0.29, 0.717) is 19.4 Å². The molecule has 4 nitrogen and oxygen atoms in total. The number of nitrogens with zero attached hydrogens (tertiary/aromatic N) is 1. The van der Waals surface area contributed by atoms with E-state index in [4.69, 9.17) is 0 Å². The summed E-state index contributed by atoms with van der Waals surface area (Å²) in [4.78, 5) is 25.1. The maximum absolute atomic E-state index is 12.0. The average Bonchev–Trinajstić information content (AvgIpc) is 2.38. The van der Waals surface area contributed by atoms with Gasteiger partial charge in [-0.25, -0.2) is 0 Å². The Labute approximate surface area is 120 Å². The number of carbonyl (C=O) groups excluding carboxylic acids is 1. The van der Waals surface area contributed by atoms with E-state index in [1.807, 2.05) is 31.2 Å². The highest BCUT2D eigenvalue weighted by atomic mass is 79.9. The molecule has 1 saturated heterocycles. The number of hydrogen-bond donors (Lipinski definition) is 1. The molecule has 1 aliphatic rings. The van der Waals surface area contributed by atoms with Crippen LogP contribution in [0.2, 0.25) is 0 Å². The van der Waals surface area contributed by atoms with Gasteiger partial charge in [-0.15, -0.1) is 0 Å². The van der Waals surface area contributed by atoms with E-state index < -0.39 is 11.9 Å². The van der Waals surface area contributed by atoms with Crippen molar-refractivity contribution in [2.24, 2.45) is 5.92 Å². The van der Waals surface area contributed by atoms with Gasteiger partial charge in [-0.1, -0.05) is 34.1 Å². The zero-order chi connectivity index (χ0) is 14.0. The fraction of sp³-hybridized carbons (Fsp3) is 0.429. The third-order valence-corrected chi connectivity index (χ3v) is 4.31. The lowest BCUT2D eigenvalue weighted by molar-refractivity contribution is -0.151. The van der Waals surface area contributed by atoms with Crippen molar-refractivity contribution in [1.29, 1.82) is 0 Å². The maximum Gasteiger partial charge on any atom is 0.308 e. The van der Waals surface area contributed by atoms with Gasteiger partial charge < -0.3 is 10.0 Å². The van der Waals surface area contributed by atoms with Crippen LogP contribution in [0.25, 0.3) is 0 Å². The van der Waals surface area contributed by atoms with E-state index in [9.17, 15) is 14.7 Å². The summed E-state index contributed by atoms with van der Waals surface area (Å²) in [6.07, 6.45) is 0.711. The Balaban J connectivity index is 2.47. The number of rotatable bonds is 3. The van der Waals surface area contributed by atoms with E-state index >= 15 is 0 Å². The molecule has 1 amide bonds. The maximum atomic E-state index is 12.0. The number of benzene rings is 1. The standard InChI is InChI=1S/C14H16BrNO3/c1-2-16-12(17)8-7-10(14(18)19)13(16)9-5-3-4-6-11(9)15/h3-6,10,13H,2,7-8H2,1H3,(H,18,19). The quantitative estimate of drug-likeness (QED) is 0.929. The van der Waals surface area contributed by atoms with Crippen LogP contribution in [-0.2, 0) is 9.59 Å². The molecule has 1 aromatic carbocycles. The topological polar surface area (TPSA) is 57.6 Å². The first-order chi connectivity index (χ1) is 9.06. The summed E-state index contributed by atoms with van der Waals surface area (Å²) in [5.74, 6) is -1.36. The molecule has 5 heteroatoms. The van der Waals surface area contributed by atoms with Crippen molar-refractivity contribution in [2.45, 2.75) is 25.8 Å². The Morgan fingerprint density at radius 3 is 2.74 bits per heavy atom. The SMILES string of the molecule is CCN1C(=O)CCC(C(=O)O)C1c1ccccc1Br. The molecule has 2 rings (SSSR count). The number of likely N-dealkylation sites (tertiary alicyclic amines) is 1. The lowest BCUT2D eigenvalue weighted by atomic mass is 9.84. The minimum absolute atomic E-state index is 0.0285. The third-order valence-electron chi connectivity index (χ3n) is 3.59. The van der Waals surface area contributed by atoms with Crippen molar-refractivity contribution in [2.75, 3.05) is 6.54 Å². The van der Waals surface area contributed by atoms with Crippen LogP contribution in [0.15, 0.2) is 28.7 Å². The van der Waals surface area contributed by atoms with Crippen LogP contribution in [0.4, 0.5) is 0 Å². The molecule has 1 fully saturated rings. The minimum atomic E-state index is -0.841. The smallest absolute Gasteiger partial charge is 0.308 e. The van der Waals surface area contributed by atoms with E-state index in [1.165, 1.54) is 0 Å². The summed E-state index contributed by atoms with van der Waals surface area (Å²) < 4.78 is 0.847. The second-order valence-electron chi connectivity index (χ2n) is 4.63. The first-order valence-corrected chi connectivity index (χ1v) is 7.12. The van der Waals surface area contributed by atoms with Crippen LogP contribution in [0.1, 0.15) is 31.4 Å². The van der Waals surface area contributed by atoms with Gasteiger partial charge in [0.1, 0.15) is 0 Å². The van der Waals surface area contributed by atoms with Crippen LogP contribution in [-0.4, -0.2) is 28.4 Å². The molecule has 2 unspecified atom stereocenters. The summed E-state index contributed by atoms with van der Waals surface area (Å²) in [6.45, 7) is 2.40. The van der Waals surface area contributed by atoms with Crippen LogP contribution >= 0.6 is 15.9 Å². The fourth-order valence-corrected chi connectivity index (χ4v) is 3.20. The summed E-state index contributed by atoms with van der Waals surface area (Å²) in [5, 5.41) is 9.41. The number of carbonyl (C=O) groups is 2. The van der Waals surface area contributed by atoms with Gasteiger partial charge in [0.15, 0.2) is 0 Å². The monoisotopic (exact) mass is 325 g/mol. The van der Waals surface area contributed by atoms with Gasteiger partial charge >= 0.3 is 5.97 Å². The molecule has 102 valence electrons. The van der Waals surface area contributed by atoms with Crippen LogP contribution in [0, 0.1) is 5.92 Å². The van der Waals surface area contributed by atoms with E-state index in [2.05, 4.69) is 15.9 Å². The van der Waals surface area contributed by atoms with Crippen LogP contribution in [0.5, 0.6) is 0 Å². The second-order valence-corrected chi connectivity index (χ2v) is 5.48. The van der Waals surface area contributed by atoms with Gasteiger partial charge in [-0.3, -0.25) is 9.59 Å². The molecule has 19 heavy (non-hydrogen) atoms. The third kappa shape index (κ3) is 2.66. The Kier molecular flexibility index (Phi) is 4.24. The Morgan fingerprint density at radius 2 is 2.16 bits per heavy atom. The first-order valence-electron chi connectivity index (χ1n) is 6.33. The van der Waals surface area contributed by atoms with Crippen LogP contribution < -0.4 is 0 Å². The highest BCUT2D eigenvalue weighted by molar-refractivity contribution is 9.10. The van der Waals surface area contributed by atoms with Gasteiger partial charge in [-0.2, -0.15) is 0 Å². The van der Waals surface area contributed by atoms with Gasteiger partial charge in [-0.05, 0) is 25.0 Å². The summed E-state index contributed by atoms with van der Waals surface area (Å²) in [5.41, 5.74) is 0.866. The summed E-state index contributed by atoms with van der Waals surface area (Å²) in [6, 6.07) is 7.11. The number of aliphatic carboxylic acids is 1. The van der Waals surface area contributed by atoms with E-state index in [0.717, 1.165) is 10.0 Å². The molecule has 0 bridgehead atoms. The van der Waals surface area contributed by atoms with E-state index in [1.54, 1.807) is 4.90 Å². The molecule has 1 N–H and O–H groups in total. The van der Waals surface area contributed by atoms with Crippen molar-refractivity contribution in [3.63, 3.8) is 0 Å². The van der Waals surface area contributed by atoms with E-state index in [-0.39, 0.29) is 11.9 Å². The number of halogens is 1. The fourth-order valence-electron chi connectivity index (χ4n) is 2.68. The van der Waals surface area contributed by atoms with Gasteiger partial charge in [0, 0.05) is 17.4 Å². The van der Waals surface area contributed by atoms with Gasteiger partial charge in [0.05, 0.1) is 12.0 Å². The highest BCUT2D eigenvalue weighted by Crippen LogP contribution is 2.39. The number of carboxylic acids is 1. The molecule has 1 heterocycles. The number of amides is 1. The minimum Gasteiger partial charge on any atom is -0.481 e. The molecule has 0 saturated carbocycles. The van der Waals surface area contributed by atoms with Crippen LogP contribution in [0.3, 0.4) is 0 Å². The molecular formula is C14H16BrNO3. The predicted molar refractivity (Wildman–Crippen MR) is 74.6 cm³/mol. The zero-order valence-electron chi connectivity index (χ0n) is 10.7. The Bertz CT molecular complexity index is 501. The number of carboxylic acid groups (broad SMARTS) is 1. The average molecular weight is 326 g/mol. The summed E-state index contributed by atoms with van der Waals surface area (Å²) >= 11 is 3.45. The van der Waals surface area contributed by atoms with Crippen molar-refractivity contribution >= 4 is 27.8 Å². The Morgan fingerprint density at radius 1 is 1.47 bits per heavy atom. The molecule has 0 radical (unpaired) electrons. The van der Waals surface area contributed by atoms with Gasteiger partial charge in [0.25, 0.3) is 0 Å². The van der Waals surface area contributed by atoms with Crippen molar-refractivity contribution < 1.29 is 14.7 Å². The van der Waals surface area contributed by atoms with Crippen molar-refractivity contribution in [1.82, 2.24) is 4.90 Å². The highest BCUT2D eigenvalue weighted by Gasteiger charge is 2.40. The van der Waals surface area contributed by atoms with Crippen molar-refractivity contribution in [3.05, 3.63) is 34.3 Å².